The molecule has 0 saturated heterocycles. The van der Waals surface area contributed by atoms with Crippen molar-refractivity contribution in [2.75, 3.05) is 14.1 Å². The number of benzene rings is 4. The molecule has 4 aromatic carbocycles. The maximum Gasteiger partial charge on any atom is 0.417 e. The van der Waals surface area contributed by atoms with E-state index in [0.717, 1.165) is 35.5 Å². The lowest BCUT2D eigenvalue weighted by molar-refractivity contribution is -0.140. The molecule has 0 amide bonds. The summed E-state index contributed by atoms with van der Waals surface area (Å²) in [5.74, 6) is 0. The van der Waals surface area contributed by atoms with Crippen LogP contribution in [0.5, 0.6) is 0 Å². The summed E-state index contributed by atoms with van der Waals surface area (Å²) in [5.41, 5.74) is -10.1. The fourth-order valence-electron chi connectivity index (χ4n) is 7.12. The van der Waals surface area contributed by atoms with Crippen molar-refractivity contribution < 1.29 is 26.3 Å². The molecule has 0 aromatic heterocycles. The molecule has 0 unspecified atom stereocenters. The predicted octanol–water partition coefficient (Wildman–Crippen LogP) is 11.9. The number of rotatable bonds is 4. The van der Waals surface area contributed by atoms with Crippen molar-refractivity contribution >= 4 is 34.7 Å². The first-order chi connectivity index (χ1) is 26.3. The first-order valence-corrected chi connectivity index (χ1v) is 18.4. The van der Waals surface area contributed by atoms with Crippen molar-refractivity contribution in [2.45, 2.75) is 52.7 Å². The van der Waals surface area contributed by atoms with Gasteiger partial charge in [-0.3, -0.25) is 0 Å². The van der Waals surface area contributed by atoms with Crippen molar-refractivity contribution in [2.24, 2.45) is 0 Å². The van der Waals surface area contributed by atoms with E-state index in [4.69, 9.17) is 0 Å². The van der Waals surface area contributed by atoms with E-state index in [9.17, 15) is 21.0 Å². The van der Waals surface area contributed by atoms with Crippen LogP contribution in [0.25, 0.3) is 33.4 Å². The van der Waals surface area contributed by atoms with Crippen LogP contribution in [0.2, 0.25) is 0 Å². The first kappa shape index (κ1) is 39.0. The molecule has 1 N–H and O–H groups in total. The topological polar surface area (TPSA) is 107 Å². The van der Waals surface area contributed by atoms with E-state index in [-0.39, 0.29) is 22.3 Å². The molecule has 5 nitrogen and oxygen atoms in total. The maximum absolute atomic E-state index is 15.7. The third kappa shape index (κ3) is 7.15. The summed E-state index contributed by atoms with van der Waals surface area (Å²) in [5, 5.41) is 42.9. The monoisotopic (exact) mass is 779 g/mol. The molecule has 0 heterocycles. The van der Waals surface area contributed by atoms with Gasteiger partial charge in [0.1, 0.15) is 35.4 Å². The smallest absolute Gasteiger partial charge is 0.323 e. The number of nitrogens with zero attached hydrogens (tertiary/aromatic N) is 4. The van der Waals surface area contributed by atoms with Gasteiger partial charge in [-0.25, -0.2) is 0 Å². The van der Waals surface area contributed by atoms with Gasteiger partial charge < -0.3 is 5.32 Å². The Morgan fingerprint density at radius 1 is 0.582 bits per heavy atom. The summed E-state index contributed by atoms with van der Waals surface area (Å²) < 4.78 is 94.2. The molecule has 0 bridgehead atoms. The Balaban J connectivity index is 0.00000166. The number of fused-ring (bicyclic) bond motifs is 6. The number of hydrogen-bond donors (Lipinski definition) is 1. The summed E-state index contributed by atoms with van der Waals surface area (Å²) >= 11 is 2.53. The molecule has 4 aromatic rings. The summed E-state index contributed by atoms with van der Waals surface area (Å²) in [4.78, 5) is 2.70. The van der Waals surface area contributed by atoms with Crippen LogP contribution in [0.3, 0.4) is 0 Å². The summed E-state index contributed by atoms with van der Waals surface area (Å²) in [6.45, 7) is 0. The Bertz CT molecular complexity index is 2470. The lowest BCUT2D eigenvalue weighted by Gasteiger charge is -2.24. The van der Waals surface area contributed by atoms with Crippen LogP contribution in [0.15, 0.2) is 104 Å². The molecule has 3 aliphatic rings. The zero-order valence-corrected chi connectivity index (χ0v) is 30.8. The first-order valence-electron chi connectivity index (χ1n) is 16.8. The zero-order valence-electron chi connectivity index (χ0n) is 29.1. The molecule has 0 atom stereocenters. The van der Waals surface area contributed by atoms with Gasteiger partial charge in [0.05, 0.1) is 11.1 Å². The second-order valence-corrected chi connectivity index (χ2v) is 14.9. The predicted molar refractivity (Wildman–Crippen MR) is 200 cm³/mol. The maximum atomic E-state index is 15.7. The number of thioether (sulfide) groups is 1. The molecule has 0 fully saturated rings. The number of alkyl halides is 6. The molecule has 0 radical (unpaired) electrons. The van der Waals surface area contributed by atoms with E-state index < -0.39 is 68.0 Å². The van der Waals surface area contributed by atoms with Gasteiger partial charge in [0.15, 0.2) is 0 Å². The van der Waals surface area contributed by atoms with E-state index in [0.29, 0.717) is 9.79 Å². The lowest BCUT2D eigenvalue weighted by Crippen LogP contribution is -2.18. The highest BCUT2D eigenvalue weighted by molar-refractivity contribution is 8.03. The number of nitriles is 4. The molecular weight excluding hydrogens is 753 g/mol. The molecule has 7 rings (SSSR count). The Labute approximate surface area is 321 Å². The number of hydrogen-bond acceptors (Lipinski definition) is 7. The Morgan fingerprint density at radius 3 is 1.44 bits per heavy atom. The Kier molecular flexibility index (Phi) is 11.0. The van der Waals surface area contributed by atoms with Crippen molar-refractivity contribution in [1.82, 2.24) is 5.32 Å². The largest absolute Gasteiger partial charge is 0.417 e. The molecular formula is C42H27F6N5S2. The summed E-state index contributed by atoms with van der Waals surface area (Å²) in [6, 6.07) is 23.7. The zero-order chi connectivity index (χ0) is 39.7. The molecule has 13 heteroatoms. The van der Waals surface area contributed by atoms with Gasteiger partial charge in [0, 0.05) is 48.1 Å². The summed E-state index contributed by atoms with van der Waals surface area (Å²) in [7, 11) is 3.75. The molecule has 0 spiro atoms. The molecule has 3 aliphatic carbocycles. The Hall–Kier alpha value is -5.70. The van der Waals surface area contributed by atoms with Crippen molar-refractivity contribution in [3.8, 4) is 46.5 Å². The average Bonchev–Trinajstić information content (AvgIpc) is 3.64. The van der Waals surface area contributed by atoms with E-state index >= 15 is 26.3 Å². The third-order valence-electron chi connectivity index (χ3n) is 9.05. The number of allylic oxidation sites excluding steroid dienone is 4. The van der Waals surface area contributed by atoms with E-state index in [2.05, 4.69) is 5.32 Å². The van der Waals surface area contributed by atoms with Crippen molar-refractivity contribution in [3.05, 3.63) is 122 Å². The van der Waals surface area contributed by atoms with Gasteiger partial charge in [0.2, 0.25) is 0 Å². The van der Waals surface area contributed by atoms with Gasteiger partial charge in [-0.05, 0) is 103 Å². The van der Waals surface area contributed by atoms with E-state index in [1.807, 2.05) is 20.2 Å². The van der Waals surface area contributed by atoms with Crippen LogP contribution < -0.4 is 5.32 Å². The van der Waals surface area contributed by atoms with Crippen molar-refractivity contribution in [1.29, 1.82) is 21.0 Å². The lowest BCUT2D eigenvalue weighted by atomic mass is 9.83. The molecule has 0 aliphatic heterocycles. The van der Waals surface area contributed by atoms with Crippen LogP contribution in [-0.2, 0) is 12.4 Å². The van der Waals surface area contributed by atoms with Crippen LogP contribution in [-0.4, -0.2) is 14.1 Å². The molecule has 0 saturated carbocycles. The van der Waals surface area contributed by atoms with Gasteiger partial charge >= 0.3 is 12.4 Å². The van der Waals surface area contributed by atoms with Crippen LogP contribution in [0.1, 0.15) is 59.1 Å². The van der Waals surface area contributed by atoms with Crippen LogP contribution in [0, 0.1) is 45.3 Å². The van der Waals surface area contributed by atoms with E-state index in [1.54, 1.807) is 54.6 Å². The highest BCUT2D eigenvalue weighted by Gasteiger charge is 2.52. The fourth-order valence-corrected chi connectivity index (χ4v) is 9.06. The molecule has 55 heavy (non-hydrogen) atoms. The average molecular weight is 780 g/mol. The highest BCUT2D eigenvalue weighted by Crippen LogP contribution is 2.63. The van der Waals surface area contributed by atoms with Gasteiger partial charge in [-0.2, -0.15) is 47.4 Å². The quantitative estimate of drug-likeness (QED) is 0.140. The second kappa shape index (κ2) is 15.6. The molecule has 274 valence electrons. The van der Waals surface area contributed by atoms with Gasteiger partial charge in [0.25, 0.3) is 0 Å². The highest BCUT2D eigenvalue weighted by atomic mass is 32.2. The van der Waals surface area contributed by atoms with Gasteiger partial charge in [-0.1, -0.05) is 59.9 Å². The minimum Gasteiger partial charge on any atom is -0.323 e. The minimum absolute atomic E-state index is 0.115. The third-order valence-corrected chi connectivity index (χ3v) is 11.2. The van der Waals surface area contributed by atoms with E-state index in [1.165, 1.54) is 59.9 Å². The van der Waals surface area contributed by atoms with Crippen LogP contribution in [0.4, 0.5) is 26.3 Å². The minimum atomic E-state index is -5.32. The fraction of sp³-hybridized carbons (Fsp3) is 0.190. The second-order valence-electron chi connectivity index (χ2n) is 12.5. The SMILES string of the molecule is CNC.N#CC(C#N)=C1c2cc(Sc3ccccc3)ccc2-c2c1c(C(F)(F)F)c1c(c2C(F)(F)F)C(=C(C#N)C#N)c2cc(SC3=CCCCC3)ccc2-1. The number of nitrogens with one attached hydrogen (secondary N) is 1. The summed E-state index contributed by atoms with van der Waals surface area (Å²) in [6.07, 6.45) is -5.08. The van der Waals surface area contributed by atoms with Crippen molar-refractivity contribution in [3.63, 3.8) is 0 Å². The number of halogens is 6. The Morgan fingerprint density at radius 2 is 1.04 bits per heavy atom. The normalized spacial score (nSPS) is 13.7. The van der Waals surface area contributed by atoms with Gasteiger partial charge in [-0.15, -0.1) is 0 Å². The standard InChI is InChI=1S/C40H20F6N4S2.C2H7N/c41-39(42,43)37-33-27-13-11-25(51-23-7-3-1-4-8-23)15-29(27)31(21(17-47)18-48)35(33)38(40(44,45)46)34-28-14-12-26(52-24-9-5-2-6-10-24)16-30(28)32(36(34)37)22(19-49)20-50;1-3-2/h1,3-4,7-9,11-16H,2,5-6,10H2;3H,1-2H3. The van der Waals surface area contributed by atoms with Crippen LogP contribution >= 0.6 is 23.5 Å².